The van der Waals surface area contributed by atoms with Crippen LogP contribution in [0.3, 0.4) is 0 Å². The molecule has 5 fully saturated rings. The first kappa shape index (κ1) is 16.9. The second kappa shape index (κ2) is 6.61. The molecule has 1 heterocycles. The Hall–Kier alpha value is -1.59. The largest absolute Gasteiger partial charge is 0.347 e. The lowest BCUT2D eigenvalue weighted by Gasteiger charge is -2.55. The first-order valence-corrected chi connectivity index (χ1v) is 9.87. The van der Waals surface area contributed by atoms with Crippen LogP contribution in [0.15, 0.2) is 0 Å². The van der Waals surface area contributed by atoms with E-state index < -0.39 is 0 Å². The highest BCUT2D eigenvalue weighted by Gasteiger charge is 2.54. The number of likely N-dealkylation sites (tertiary alicyclic amines) is 1. The number of carbonyl (C=O) groups is 3. The Bertz CT molecular complexity index is 533. The van der Waals surface area contributed by atoms with Crippen LogP contribution in [0.2, 0.25) is 0 Å². The lowest BCUT2D eigenvalue weighted by Crippen LogP contribution is -2.54. The fourth-order valence-corrected chi connectivity index (χ4v) is 6.05. The number of hydrogen-bond acceptors (Lipinski definition) is 3. The molecule has 138 valence electrons. The van der Waals surface area contributed by atoms with Crippen molar-refractivity contribution >= 4 is 17.7 Å². The van der Waals surface area contributed by atoms with Gasteiger partial charge in [0.2, 0.25) is 17.7 Å². The normalized spacial score (nSPS) is 35.7. The van der Waals surface area contributed by atoms with Crippen LogP contribution >= 0.6 is 0 Å². The minimum atomic E-state index is -0.273. The molecular formula is C19H29N3O3. The Morgan fingerprint density at radius 1 is 0.840 bits per heavy atom. The van der Waals surface area contributed by atoms with Crippen molar-refractivity contribution in [1.82, 2.24) is 15.5 Å². The van der Waals surface area contributed by atoms with Gasteiger partial charge in [0, 0.05) is 18.5 Å². The summed E-state index contributed by atoms with van der Waals surface area (Å²) in [4.78, 5) is 38.5. The minimum absolute atomic E-state index is 0.0200. The molecule has 0 aromatic heterocycles. The van der Waals surface area contributed by atoms with Gasteiger partial charge in [0.25, 0.3) is 0 Å². The van der Waals surface area contributed by atoms with Crippen LogP contribution in [0.1, 0.15) is 51.4 Å². The van der Waals surface area contributed by atoms with Crippen LogP contribution in [0.25, 0.3) is 0 Å². The van der Waals surface area contributed by atoms with Gasteiger partial charge in [0.05, 0.1) is 13.1 Å². The molecule has 1 aliphatic heterocycles. The Kier molecular flexibility index (Phi) is 4.46. The Morgan fingerprint density at radius 3 is 1.96 bits per heavy atom. The van der Waals surface area contributed by atoms with Crippen LogP contribution in [0.4, 0.5) is 0 Å². The standard InChI is InChI=1S/C19H29N3O3/c23-16(20-12-17(24)22-3-1-2-4-22)11-21-18(25)19-8-13-5-14(9-19)7-15(6-13)10-19/h13-15H,1-12H2,(H,20,23)(H,21,25). The van der Waals surface area contributed by atoms with Gasteiger partial charge in [0.1, 0.15) is 0 Å². The summed E-state index contributed by atoms with van der Waals surface area (Å²) in [5.74, 6) is 1.90. The summed E-state index contributed by atoms with van der Waals surface area (Å²) in [6, 6.07) is 0. The van der Waals surface area contributed by atoms with Gasteiger partial charge >= 0.3 is 0 Å². The van der Waals surface area contributed by atoms with E-state index in [1.807, 2.05) is 0 Å². The lowest BCUT2D eigenvalue weighted by molar-refractivity contribution is -0.147. The molecular weight excluding hydrogens is 318 g/mol. The summed E-state index contributed by atoms with van der Waals surface area (Å²) >= 11 is 0. The SMILES string of the molecule is O=C(CNC(=O)C12CC3CC(CC(C3)C1)C2)NCC(=O)N1CCCC1. The number of rotatable bonds is 5. The van der Waals surface area contributed by atoms with Crippen LogP contribution in [0, 0.1) is 23.2 Å². The van der Waals surface area contributed by atoms with E-state index in [-0.39, 0.29) is 36.2 Å². The van der Waals surface area contributed by atoms with Gasteiger partial charge in [-0.1, -0.05) is 0 Å². The number of nitrogens with zero attached hydrogens (tertiary/aromatic N) is 1. The first-order valence-electron chi connectivity index (χ1n) is 9.87. The summed E-state index contributed by atoms with van der Waals surface area (Å²) in [7, 11) is 0. The van der Waals surface area contributed by atoms with E-state index in [1.54, 1.807) is 4.90 Å². The van der Waals surface area contributed by atoms with Crippen molar-refractivity contribution in [1.29, 1.82) is 0 Å². The van der Waals surface area contributed by atoms with Gasteiger partial charge in [-0.15, -0.1) is 0 Å². The van der Waals surface area contributed by atoms with Crippen molar-refractivity contribution in [3.05, 3.63) is 0 Å². The van der Waals surface area contributed by atoms with Crippen molar-refractivity contribution < 1.29 is 14.4 Å². The van der Waals surface area contributed by atoms with Crippen LogP contribution < -0.4 is 10.6 Å². The Morgan fingerprint density at radius 2 is 1.40 bits per heavy atom. The zero-order valence-corrected chi connectivity index (χ0v) is 14.9. The minimum Gasteiger partial charge on any atom is -0.347 e. The molecule has 5 aliphatic rings. The zero-order valence-electron chi connectivity index (χ0n) is 14.9. The smallest absolute Gasteiger partial charge is 0.241 e. The molecule has 6 heteroatoms. The molecule has 4 aliphatic carbocycles. The predicted molar refractivity (Wildman–Crippen MR) is 92.4 cm³/mol. The number of carbonyl (C=O) groups excluding carboxylic acids is 3. The molecule has 4 saturated carbocycles. The van der Waals surface area contributed by atoms with E-state index in [0.29, 0.717) is 17.8 Å². The molecule has 0 radical (unpaired) electrons. The third kappa shape index (κ3) is 3.40. The van der Waals surface area contributed by atoms with Gasteiger partial charge < -0.3 is 15.5 Å². The molecule has 3 amide bonds. The van der Waals surface area contributed by atoms with E-state index in [0.717, 1.165) is 45.2 Å². The number of amides is 3. The quantitative estimate of drug-likeness (QED) is 0.780. The van der Waals surface area contributed by atoms with Crippen LogP contribution in [-0.4, -0.2) is 48.8 Å². The van der Waals surface area contributed by atoms with Crippen LogP contribution in [0.5, 0.6) is 0 Å². The molecule has 6 nitrogen and oxygen atoms in total. The maximum absolute atomic E-state index is 12.8. The molecule has 0 atom stereocenters. The van der Waals surface area contributed by atoms with Crippen molar-refractivity contribution in [3.8, 4) is 0 Å². The average Bonchev–Trinajstić information content (AvgIpc) is 3.11. The molecule has 0 aromatic carbocycles. The fourth-order valence-electron chi connectivity index (χ4n) is 6.05. The van der Waals surface area contributed by atoms with Crippen molar-refractivity contribution in [2.45, 2.75) is 51.4 Å². The van der Waals surface area contributed by atoms with Gasteiger partial charge in [-0.3, -0.25) is 14.4 Å². The maximum Gasteiger partial charge on any atom is 0.241 e. The van der Waals surface area contributed by atoms with Crippen molar-refractivity contribution in [2.24, 2.45) is 23.2 Å². The van der Waals surface area contributed by atoms with Gasteiger partial charge in [-0.05, 0) is 69.1 Å². The van der Waals surface area contributed by atoms with Crippen molar-refractivity contribution in [2.75, 3.05) is 26.2 Å². The summed E-state index contributed by atoms with van der Waals surface area (Å²) in [5, 5.41) is 5.50. The highest BCUT2D eigenvalue weighted by molar-refractivity contribution is 5.90. The molecule has 2 N–H and O–H groups in total. The summed E-state index contributed by atoms with van der Waals surface area (Å²) in [6.07, 6.45) is 8.98. The van der Waals surface area contributed by atoms with E-state index in [4.69, 9.17) is 0 Å². The molecule has 0 unspecified atom stereocenters. The van der Waals surface area contributed by atoms with E-state index in [1.165, 1.54) is 19.3 Å². The lowest BCUT2D eigenvalue weighted by atomic mass is 9.49. The molecule has 5 rings (SSSR count). The van der Waals surface area contributed by atoms with Crippen molar-refractivity contribution in [3.63, 3.8) is 0 Å². The van der Waals surface area contributed by atoms with Crippen LogP contribution in [-0.2, 0) is 14.4 Å². The van der Waals surface area contributed by atoms with Gasteiger partial charge in [0.15, 0.2) is 0 Å². The first-order chi connectivity index (χ1) is 12.0. The molecule has 0 spiro atoms. The second-order valence-corrected chi connectivity index (χ2v) is 8.75. The maximum atomic E-state index is 12.8. The highest BCUT2D eigenvalue weighted by Crippen LogP contribution is 2.60. The van der Waals surface area contributed by atoms with E-state index in [9.17, 15) is 14.4 Å². The average molecular weight is 347 g/mol. The molecule has 1 saturated heterocycles. The van der Waals surface area contributed by atoms with Gasteiger partial charge in [-0.25, -0.2) is 0 Å². The Labute approximate surface area is 149 Å². The molecule has 25 heavy (non-hydrogen) atoms. The Balaban J connectivity index is 1.23. The summed E-state index contributed by atoms with van der Waals surface area (Å²) in [5.41, 5.74) is -0.222. The monoisotopic (exact) mass is 347 g/mol. The fraction of sp³-hybridized carbons (Fsp3) is 0.842. The highest BCUT2D eigenvalue weighted by atomic mass is 16.2. The number of hydrogen-bond donors (Lipinski definition) is 2. The third-order valence-corrected chi connectivity index (χ3v) is 6.82. The summed E-state index contributed by atoms with van der Waals surface area (Å²) in [6.45, 7) is 1.59. The third-order valence-electron chi connectivity index (χ3n) is 6.82. The van der Waals surface area contributed by atoms with E-state index in [2.05, 4.69) is 10.6 Å². The topological polar surface area (TPSA) is 78.5 Å². The molecule has 0 aromatic rings. The van der Waals surface area contributed by atoms with Gasteiger partial charge in [-0.2, -0.15) is 0 Å². The second-order valence-electron chi connectivity index (χ2n) is 8.75. The van der Waals surface area contributed by atoms with E-state index >= 15 is 0 Å². The number of nitrogens with one attached hydrogen (secondary N) is 2. The zero-order chi connectivity index (χ0) is 17.4. The predicted octanol–water partition coefficient (Wildman–Crippen LogP) is 1.06. The summed E-state index contributed by atoms with van der Waals surface area (Å²) < 4.78 is 0. The molecule has 4 bridgehead atoms.